The van der Waals surface area contributed by atoms with Crippen molar-refractivity contribution in [3.63, 3.8) is 0 Å². The van der Waals surface area contributed by atoms with Crippen molar-refractivity contribution >= 4 is 28.9 Å². The Morgan fingerprint density at radius 2 is 1.80 bits per heavy atom. The van der Waals surface area contributed by atoms with Crippen LogP contribution in [0.1, 0.15) is 22.8 Å². The SMILES string of the molecule is CC(=NNC(=O)c1ccccc1Cl)c1ccc(N)cc1. The van der Waals surface area contributed by atoms with Crippen molar-refractivity contribution in [1.82, 2.24) is 5.43 Å². The highest BCUT2D eigenvalue weighted by Crippen LogP contribution is 2.14. The number of hydrazone groups is 1. The monoisotopic (exact) mass is 287 g/mol. The van der Waals surface area contributed by atoms with Crippen LogP contribution in [-0.4, -0.2) is 11.6 Å². The molecule has 0 radical (unpaired) electrons. The van der Waals surface area contributed by atoms with Crippen molar-refractivity contribution in [2.45, 2.75) is 6.92 Å². The lowest BCUT2D eigenvalue weighted by molar-refractivity contribution is 0.0955. The number of nitrogen functional groups attached to an aromatic ring is 1. The molecule has 0 unspecified atom stereocenters. The van der Waals surface area contributed by atoms with Gasteiger partial charge in [-0.15, -0.1) is 0 Å². The lowest BCUT2D eigenvalue weighted by Gasteiger charge is -2.04. The van der Waals surface area contributed by atoms with Gasteiger partial charge in [0.1, 0.15) is 0 Å². The van der Waals surface area contributed by atoms with Gasteiger partial charge in [-0.3, -0.25) is 4.79 Å². The number of carbonyl (C=O) groups excluding carboxylic acids is 1. The normalized spacial score (nSPS) is 11.2. The molecule has 0 spiro atoms. The zero-order valence-electron chi connectivity index (χ0n) is 10.9. The number of benzene rings is 2. The second kappa shape index (κ2) is 6.21. The summed E-state index contributed by atoms with van der Waals surface area (Å²) in [6.07, 6.45) is 0. The Morgan fingerprint density at radius 1 is 1.15 bits per heavy atom. The summed E-state index contributed by atoms with van der Waals surface area (Å²) in [7, 11) is 0. The molecule has 2 aromatic rings. The fraction of sp³-hybridized carbons (Fsp3) is 0.0667. The van der Waals surface area contributed by atoms with E-state index < -0.39 is 0 Å². The fourth-order valence-electron chi connectivity index (χ4n) is 1.63. The zero-order chi connectivity index (χ0) is 14.5. The molecule has 4 nitrogen and oxygen atoms in total. The maximum absolute atomic E-state index is 11.9. The van der Waals surface area contributed by atoms with Gasteiger partial charge in [0.2, 0.25) is 0 Å². The third-order valence-electron chi connectivity index (χ3n) is 2.77. The summed E-state index contributed by atoms with van der Waals surface area (Å²) < 4.78 is 0. The molecule has 2 rings (SSSR count). The summed E-state index contributed by atoms with van der Waals surface area (Å²) in [5.74, 6) is -0.342. The first kappa shape index (κ1) is 14.1. The number of rotatable bonds is 3. The first-order valence-electron chi connectivity index (χ1n) is 6.03. The fourth-order valence-corrected chi connectivity index (χ4v) is 1.85. The molecule has 0 aliphatic rings. The zero-order valence-corrected chi connectivity index (χ0v) is 11.7. The Labute approximate surface area is 122 Å². The van der Waals surface area contributed by atoms with Gasteiger partial charge in [-0.25, -0.2) is 5.43 Å². The Kier molecular flexibility index (Phi) is 4.38. The van der Waals surface area contributed by atoms with Crippen LogP contribution in [0.4, 0.5) is 5.69 Å². The number of hydrogen-bond donors (Lipinski definition) is 2. The van der Waals surface area contributed by atoms with Crippen LogP contribution in [0.2, 0.25) is 5.02 Å². The molecule has 0 fully saturated rings. The van der Waals surface area contributed by atoms with Crippen molar-refractivity contribution in [3.8, 4) is 0 Å². The minimum Gasteiger partial charge on any atom is -0.399 e. The van der Waals surface area contributed by atoms with E-state index in [1.165, 1.54) is 0 Å². The third kappa shape index (κ3) is 3.36. The second-order valence-electron chi connectivity index (χ2n) is 4.24. The van der Waals surface area contributed by atoms with Crippen LogP contribution in [0, 0.1) is 0 Å². The van der Waals surface area contributed by atoms with E-state index in [1.807, 2.05) is 12.1 Å². The molecule has 3 N–H and O–H groups in total. The highest BCUT2D eigenvalue weighted by molar-refractivity contribution is 6.33. The molecule has 0 atom stereocenters. The number of nitrogens with zero attached hydrogens (tertiary/aromatic N) is 1. The minimum absolute atomic E-state index is 0.342. The summed E-state index contributed by atoms with van der Waals surface area (Å²) >= 11 is 5.95. The number of carbonyl (C=O) groups is 1. The van der Waals surface area contributed by atoms with E-state index >= 15 is 0 Å². The predicted octanol–water partition coefficient (Wildman–Crippen LogP) is 3.08. The summed E-state index contributed by atoms with van der Waals surface area (Å²) in [4.78, 5) is 11.9. The molecule has 102 valence electrons. The van der Waals surface area contributed by atoms with Crippen LogP contribution in [0.15, 0.2) is 53.6 Å². The van der Waals surface area contributed by atoms with Crippen LogP contribution in [-0.2, 0) is 0 Å². The molecule has 0 aliphatic carbocycles. The Bertz CT molecular complexity index is 650. The number of nitrogens with two attached hydrogens (primary N) is 1. The molecule has 0 aliphatic heterocycles. The molecule has 5 heteroatoms. The van der Waals surface area contributed by atoms with Gasteiger partial charge in [-0.05, 0) is 36.8 Å². The topological polar surface area (TPSA) is 67.5 Å². The smallest absolute Gasteiger partial charge is 0.272 e. The van der Waals surface area contributed by atoms with Gasteiger partial charge in [-0.1, -0.05) is 35.9 Å². The molecule has 0 bridgehead atoms. The van der Waals surface area contributed by atoms with E-state index in [-0.39, 0.29) is 5.91 Å². The van der Waals surface area contributed by atoms with Gasteiger partial charge >= 0.3 is 0 Å². The first-order valence-corrected chi connectivity index (χ1v) is 6.41. The summed E-state index contributed by atoms with van der Waals surface area (Å²) in [6.45, 7) is 1.80. The molecule has 0 aromatic heterocycles. The van der Waals surface area contributed by atoms with Crippen molar-refractivity contribution in [2.75, 3.05) is 5.73 Å². The number of nitrogens with one attached hydrogen (secondary N) is 1. The highest BCUT2D eigenvalue weighted by Gasteiger charge is 2.08. The van der Waals surface area contributed by atoms with Gasteiger partial charge < -0.3 is 5.73 Å². The van der Waals surface area contributed by atoms with E-state index in [4.69, 9.17) is 17.3 Å². The maximum atomic E-state index is 11.9. The van der Waals surface area contributed by atoms with Crippen molar-refractivity contribution in [1.29, 1.82) is 0 Å². The summed E-state index contributed by atoms with van der Waals surface area (Å²) in [5, 5.41) is 4.45. The molecule has 0 saturated heterocycles. The number of halogens is 1. The van der Waals surface area contributed by atoms with Gasteiger partial charge in [0.05, 0.1) is 16.3 Å². The summed E-state index contributed by atoms with van der Waals surface area (Å²) in [5.41, 5.74) is 10.8. The molecule has 2 aromatic carbocycles. The van der Waals surface area contributed by atoms with Crippen molar-refractivity contribution in [2.24, 2.45) is 5.10 Å². The maximum Gasteiger partial charge on any atom is 0.272 e. The predicted molar refractivity (Wildman–Crippen MR) is 82.0 cm³/mol. The Hall–Kier alpha value is -2.33. The molecular formula is C15H14ClN3O. The van der Waals surface area contributed by atoms with E-state index in [2.05, 4.69) is 10.5 Å². The first-order chi connectivity index (χ1) is 9.58. The van der Waals surface area contributed by atoms with E-state index in [0.29, 0.717) is 22.0 Å². The molecule has 20 heavy (non-hydrogen) atoms. The largest absolute Gasteiger partial charge is 0.399 e. The standard InChI is InChI=1S/C15H14ClN3O/c1-10(11-6-8-12(17)9-7-11)18-19-15(20)13-4-2-3-5-14(13)16/h2-9H,17H2,1H3,(H,19,20). The third-order valence-corrected chi connectivity index (χ3v) is 3.10. The van der Waals surface area contributed by atoms with E-state index in [1.54, 1.807) is 43.3 Å². The number of anilines is 1. The average Bonchev–Trinajstić information content (AvgIpc) is 2.45. The van der Waals surface area contributed by atoms with Crippen molar-refractivity contribution in [3.05, 3.63) is 64.7 Å². The van der Waals surface area contributed by atoms with Gasteiger partial charge in [0.15, 0.2) is 0 Å². The number of hydrogen-bond acceptors (Lipinski definition) is 3. The molecule has 1 amide bonds. The van der Waals surface area contributed by atoms with Crippen LogP contribution in [0.25, 0.3) is 0 Å². The van der Waals surface area contributed by atoms with Crippen molar-refractivity contribution < 1.29 is 4.79 Å². The second-order valence-corrected chi connectivity index (χ2v) is 4.65. The minimum atomic E-state index is -0.342. The quantitative estimate of drug-likeness (QED) is 0.517. The Morgan fingerprint density at radius 3 is 2.45 bits per heavy atom. The summed E-state index contributed by atoms with van der Waals surface area (Å²) in [6, 6.07) is 14.1. The van der Waals surface area contributed by atoms with Crippen LogP contribution in [0.5, 0.6) is 0 Å². The van der Waals surface area contributed by atoms with Crippen LogP contribution < -0.4 is 11.2 Å². The lowest BCUT2D eigenvalue weighted by Crippen LogP contribution is -2.19. The molecular weight excluding hydrogens is 274 g/mol. The average molecular weight is 288 g/mol. The number of amides is 1. The van der Waals surface area contributed by atoms with Gasteiger partial charge in [0.25, 0.3) is 5.91 Å². The van der Waals surface area contributed by atoms with Crippen LogP contribution >= 0.6 is 11.6 Å². The highest BCUT2D eigenvalue weighted by atomic mass is 35.5. The van der Waals surface area contributed by atoms with Gasteiger partial charge in [0, 0.05) is 5.69 Å². The molecule has 0 saturated carbocycles. The van der Waals surface area contributed by atoms with Gasteiger partial charge in [-0.2, -0.15) is 5.10 Å². The lowest BCUT2D eigenvalue weighted by atomic mass is 10.1. The van der Waals surface area contributed by atoms with Crippen LogP contribution in [0.3, 0.4) is 0 Å². The Balaban J connectivity index is 2.11. The van der Waals surface area contributed by atoms with E-state index in [9.17, 15) is 4.79 Å². The van der Waals surface area contributed by atoms with E-state index in [0.717, 1.165) is 5.56 Å². The molecule has 0 heterocycles.